The topological polar surface area (TPSA) is 54.2 Å². The van der Waals surface area contributed by atoms with Gasteiger partial charge in [0.15, 0.2) is 5.96 Å². The minimum Gasteiger partial charge on any atom is -0.356 e. The van der Waals surface area contributed by atoms with Gasteiger partial charge in [-0.2, -0.15) is 0 Å². The lowest BCUT2D eigenvalue weighted by Gasteiger charge is -2.15. The highest BCUT2D eigenvalue weighted by Gasteiger charge is 2.09. The molecule has 0 spiro atoms. The normalized spacial score (nSPS) is 14.4. The second kappa shape index (κ2) is 6.43. The smallest absolute Gasteiger partial charge is 0.191 e. The van der Waals surface area contributed by atoms with Crippen molar-refractivity contribution in [2.45, 2.75) is 19.9 Å². The molecule has 0 bridgehead atoms. The third kappa shape index (κ3) is 3.05. The number of aromatic nitrogens is 2. The lowest BCUT2D eigenvalue weighted by atomic mass is 10.2. The van der Waals surface area contributed by atoms with Crippen molar-refractivity contribution < 1.29 is 0 Å². The first-order valence-corrected chi connectivity index (χ1v) is 6.68. The summed E-state index contributed by atoms with van der Waals surface area (Å²) >= 11 is 0. The van der Waals surface area contributed by atoms with Gasteiger partial charge < -0.3 is 15.2 Å². The summed E-state index contributed by atoms with van der Waals surface area (Å²) in [7, 11) is 2.05. The van der Waals surface area contributed by atoms with Gasteiger partial charge in [-0.1, -0.05) is 6.07 Å². The zero-order valence-electron chi connectivity index (χ0n) is 11.8. The fourth-order valence-electron chi connectivity index (χ4n) is 2.33. The SMILES string of the molecule is Cc1ccc2c(c1)nc(CNC1=NCCCN1)n2C.I. The van der Waals surface area contributed by atoms with Gasteiger partial charge in [0.1, 0.15) is 5.82 Å². The summed E-state index contributed by atoms with van der Waals surface area (Å²) in [6.07, 6.45) is 1.11. The van der Waals surface area contributed by atoms with Gasteiger partial charge >= 0.3 is 0 Å². The van der Waals surface area contributed by atoms with Gasteiger partial charge in [0.25, 0.3) is 0 Å². The molecule has 108 valence electrons. The van der Waals surface area contributed by atoms with Crippen molar-refractivity contribution >= 4 is 41.0 Å². The summed E-state index contributed by atoms with van der Waals surface area (Å²) in [4.78, 5) is 9.07. The van der Waals surface area contributed by atoms with Crippen LogP contribution in [0.2, 0.25) is 0 Å². The zero-order chi connectivity index (χ0) is 13.2. The van der Waals surface area contributed by atoms with E-state index in [4.69, 9.17) is 0 Å². The molecule has 20 heavy (non-hydrogen) atoms. The quantitative estimate of drug-likeness (QED) is 0.777. The van der Waals surface area contributed by atoms with E-state index in [0.717, 1.165) is 36.8 Å². The molecule has 2 N–H and O–H groups in total. The minimum atomic E-state index is 0. The van der Waals surface area contributed by atoms with E-state index in [1.807, 2.05) is 0 Å². The molecule has 5 nitrogen and oxygen atoms in total. The number of nitrogens with zero attached hydrogens (tertiary/aromatic N) is 3. The van der Waals surface area contributed by atoms with Crippen LogP contribution in [-0.2, 0) is 13.6 Å². The first-order valence-electron chi connectivity index (χ1n) is 6.68. The molecule has 1 aromatic heterocycles. The lowest BCUT2D eigenvalue weighted by molar-refractivity contribution is 0.683. The maximum absolute atomic E-state index is 4.68. The highest BCUT2D eigenvalue weighted by Crippen LogP contribution is 2.16. The van der Waals surface area contributed by atoms with Crippen molar-refractivity contribution in [1.29, 1.82) is 0 Å². The average Bonchev–Trinajstić information content (AvgIpc) is 2.74. The number of aryl methyl sites for hydroxylation is 2. The van der Waals surface area contributed by atoms with Crippen LogP contribution in [0.1, 0.15) is 17.8 Å². The van der Waals surface area contributed by atoms with Gasteiger partial charge in [0.2, 0.25) is 0 Å². The predicted octanol–water partition coefficient (Wildman–Crippen LogP) is 1.94. The van der Waals surface area contributed by atoms with Crippen molar-refractivity contribution in [1.82, 2.24) is 20.2 Å². The summed E-state index contributed by atoms with van der Waals surface area (Å²) in [6, 6.07) is 6.36. The summed E-state index contributed by atoms with van der Waals surface area (Å²) in [5.41, 5.74) is 3.46. The summed E-state index contributed by atoms with van der Waals surface area (Å²) in [6.45, 7) is 4.67. The maximum atomic E-state index is 4.68. The molecule has 1 aliphatic rings. The van der Waals surface area contributed by atoms with Gasteiger partial charge in [-0.05, 0) is 31.0 Å². The molecule has 0 unspecified atom stereocenters. The van der Waals surface area contributed by atoms with E-state index in [-0.39, 0.29) is 24.0 Å². The van der Waals surface area contributed by atoms with Crippen LogP contribution in [0, 0.1) is 6.92 Å². The molecule has 1 aliphatic heterocycles. The summed E-state index contributed by atoms with van der Waals surface area (Å²) in [5, 5.41) is 6.56. The van der Waals surface area contributed by atoms with Crippen LogP contribution in [-0.4, -0.2) is 28.6 Å². The Morgan fingerprint density at radius 1 is 1.40 bits per heavy atom. The van der Waals surface area contributed by atoms with Crippen LogP contribution in [0.5, 0.6) is 0 Å². The molecular formula is C14H20IN5. The Balaban J connectivity index is 0.00000147. The fraction of sp³-hybridized carbons (Fsp3) is 0.429. The zero-order valence-corrected chi connectivity index (χ0v) is 14.1. The molecule has 0 fully saturated rings. The number of aliphatic imine (C=N–C) groups is 1. The molecule has 1 aromatic carbocycles. The van der Waals surface area contributed by atoms with Gasteiger partial charge in [-0.15, -0.1) is 24.0 Å². The average molecular weight is 385 g/mol. The van der Waals surface area contributed by atoms with Crippen molar-refractivity contribution in [2.24, 2.45) is 12.0 Å². The second-order valence-electron chi connectivity index (χ2n) is 4.94. The lowest BCUT2D eigenvalue weighted by Crippen LogP contribution is -2.40. The summed E-state index contributed by atoms with van der Waals surface area (Å²) in [5.74, 6) is 1.91. The van der Waals surface area contributed by atoms with E-state index in [0.29, 0.717) is 6.54 Å². The highest BCUT2D eigenvalue weighted by molar-refractivity contribution is 14.0. The molecule has 2 aromatic rings. The third-order valence-corrected chi connectivity index (χ3v) is 3.44. The van der Waals surface area contributed by atoms with Gasteiger partial charge in [0, 0.05) is 20.1 Å². The molecule has 0 atom stereocenters. The Labute approximate surface area is 135 Å². The highest BCUT2D eigenvalue weighted by atomic mass is 127. The Morgan fingerprint density at radius 2 is 2.25 bits per heavy atom. The fourth-order valence-corrected chi connectivity index (χ4v) is 2.33. The largest absolute Gasteiger partial charge is 0.356 e. The Morgan fingerprint density at radius 3 is 3.00 bits per heavy atom. The number of rotatable bonds is 2. The van der Waals surface area contributed by atoms with Crippen LogP contribution in [0.25, 0.3) is 11.0 Å². The van der Waals surface area contributed by atoms with E-state index in [9.17, 15) is 0 Å². The van der Waals surface area contributed by atoms with Gasteiger partial charge in [-0.25, -0.2) is 4.98 Å². The Kier molecular flexibility index (Phi) is 4.85. The van der Waals surface area contributed by atoms with Crippen LogP contribution in [0.15, 0.2) is 23.2 Å². The molecule has 0 aliphatic carbocycles. The number of imidazole rings is 1. The first kappa shape index (κ1) is 15.1. The van der Waals surface area contributed by atoms with Crippen molar-refractivity contribution in [3.05, 3.63) is 29.6 Å². The van der Waals surface area contributed by atoms with Crippen LogP contribution in [0.4, 0.5) is 0 Å². The maximum Gasteiger partial charge on any atom is 0.191 e. The van der Waals surface area contributed by atoms with Crippen LogP contribution < -0.4 is 10.6 Å². The number of fused-ring (bicyclic) bond motifs is 1. The molecular weight excluding hydrogens is 365 g/mol. The molecule has 2 heterocycles. The molecule has 0 saturated heterocycles. The standard InChI is InChI=1S/C14H19N5.HI/c1-10-4-5-12-11(8-10)18-13(19(12)2)9-17-14-15-6-3-7-16-14;/h4-5,8H,3,6-7,9H2,1-2H3,(H2,15,16,17);1H. The van der Waals surface area contributed by atoms with E-state index in [2.05, 4.69) is 57.3 Å². The number of nitrogens with one attached hydrogen (secondary N) is 2. The number of halogens is 1. The summed E-state index contributed by atoms with van der Waals surface area (Å²) < 4.78 is 2.13. The van der Waals surface area contributed by atoms with Crippen LogP contribution in [0.3, 0.4) is 0 Å². The Hall–Kier alpha value is -1.31. The van der Waals surface area contributed by atoms with Crippen molar-refractivity contribution in [3.8, 4) is 0 Å². The monoisotopic (exact) mass is 385 g/mol. The van der Waals surface area contributed by atoms with Gasteiger partial charge in [-0.3, -0.25) is 4.99 Å². The third-order valence-electron chi connectivity index (χ3n) is 3.44. The Bertz CT molecular complexity index is 632. The molecule has 3 rings (SSSR count). The predicted molar refractivity (Wildman–Crippen MR) is 92.6 cm³/mol. The number of hydrogen-bond donors (Lipinski definition) is 2. The molecule has 0 amide bonds. The number of benzene rings is 1. The van der Waals surface area contributed by atoms with E-state index in [1.165, 1.54) is 11.1 Å². The van der Waals surface area contributed by atoms with E-state index in [1.54, 1.807) is 0 Å². The van der Waals surface area contributed by atoms with Crippen molar-refractivity contribution in [2.75, 3.05) is 13.1 Å². The minimum absolute atomic E-state index is 0. The van der Waals surface area contributed by atoms with Crippen molar-refractivity contribution in [3.63, 3.8) is 0 Å². The number of guanidine groups is 1. The second-order valence-corrected chi connectivity index (χ2v) is 4.94. The number of hydrogen-bond acceptors (Lipinski definition) is 4. The first-order chi connectivity index (χ1) is 9.24. The van der Waals surface area contributed by atoms with Crippen LogP contribution >= 0.6 is 24.0 Å². The van der Waals surface area contributed by atoms with E-state index < -0.39 is 0 Å². The van der Waals surface area contributed by atoms with E-state index >= 15 is 0 Å². The molecule has 0 radical (unpaired) electrons. The molecule has 6 heteroatoms. The van der Waals surface area contributed by atoms with Gasteiger partial charge in [0.05, 0.1) is 17.6 Å². The molecule has 0 saturated carbocycles.